The molecule has 1 aliphatic heterocycles. The number of ether oxygens (including phenoxy) is 1. The van der Waals surface area contributed by atoms with Gasteiger partial charge in [0.25, 0.3) is 10.1 Å². The van der Waals surface area contributed by atoms with Crippen LogP contribution in [0.1, 0.15) is 12.8 Å². The summed E-state index contributed by atoms with van der Waals surface area (Å²) in [5, 5.41) is 0. The van der Waals surface area contributed by atoms with Crippen LogP contribution < -0.4 is 0 Å². The molecule has 1 fully saturated rings. The maximum Gasteiger partial charge on any atom is 0.306 e. The molecule has 1 atom stereocenters. The van der Waals surface area contributed by atoms with E-state index in [0.717, 1.165) is 6.26 Å². The summed E-state index contributed by atoms with van der Waals surface area (Å²) in [6, 6.07) is 0. The molecule has 0 saturated carbocycles. The van der Waals surface area contributed by atoms with Gasteiger partial charge in [-0.25, -0.2) is 0 Å². The van der Waals surface area contributed by atoms with Crippen molar-refractivity contribution in [3.63, 3.8) is 0 Å². The standard InChI is InChI=1S/C6H10O5S/c1-12(8,9)10-4-5-2-3-6(7)11-5/h5H,2-4H2,1H3. The van der Waals surface area contributed by atoms with Gasteiger partial charge in [0.2, 0.25) is 0 Å². The third kappa shape index (κ3) is 3.19. The van der Waals surface area contributed by atoms with Crippen LogP contribution in [0.15, 0.2) is 0 Å². The van der Waals surface area contributed by atoms with E-state index in [-0.39, 0.29) is 12.6 Å². The zero-order chi connectivity index (χ0) is 9.19. The van der Waals surface area contributed by atoms with E-state index in [1.165, 1.54) is 0 Å². The Morgan fingerprint density at radius 2 is 2.33 bits per heavy atom. The molecule has 1 rings (SSSR count). The van der Waals surface area contributed by atoms with Crippen molar-refractivity contribution in [3.8, 4) is 0 Å². The Balaban J connectivity index is 2.30. The molecule has 0 aromatic carbocycles. The average Bonchev–Trinajstić information content (AvgIpc) is 2.30. The minimum atomic E-state index is -3.42. The average molecular weight is 194 g/mol. The van der Waals surface area contributed by atoms with Gasteiger partial charge < -0.3 is 4.74 Å². The molecule has 1 saturated heterocycles. The molecule has 1 aliphatic rings. The molecule has 0 aromatic heterocycles. The van der Waals surface area contributed by atoms with Crippen LogP contribution in [0.2, 0.25) is 0 Å². The van der Waals surface area contributed by atoms with Gasteiger partial charge in [0.05, 0.1) is 6.26 Å². The third-order valence-electron chi connectivity index (χ3n) is 1.44. The monoisotopic (exact) mass is 194 g/mol. The van der Waals surface area contributed by atoms with Crippen LogP contribution in [0.5, 0.6) is 0 Å². The molecular formula is C6H10O5S. The molecule has 5 nitrogen and oxygen atoms in total. The normalized spacial score (nSPS) is 24.1. The van der Waals surface area contributed by atoms with Gasteiger partial charge in [-0.3, -0.25) is 8.98 Å². The Kier molecular flexibility index (Phi) is 2.69. The fourth-order valence-electron chi connectivity index (χ4n) is 0.899. The van der Waals surface area contributed by atoms with E-state index in [9.17, 15) is 13.2 Å². The van der Waals surface area contributed by atoms with E-state index >= 15 is 0 Å². The molecule has 0 spiro atoms. The summed E-state index contributed by atoms with van der Waals surface area (Å²) >= 11 is 0. The van der Waals surface area contributed by atoms with Crippen LogP contribution in [0.25, 0.3) is 0 Å². The molecule has 0 N–H and O–H groups in total. The van der Waals surface area contributed by atoms with Gasteiger partial charge in [-0.2, -0.15) is 8.42 Å². The first-order chi connectivity index (χ1) is 5.47. The summed E-state index contributed by atoms with van der Waals surface area (Å²) in [5.74, 6) is -0.294. The van der Waals surface area contributed by atoms with Crippen molar-refractivity contribution in [1.29, 1.82) is 0 Å². The highest BCUT2D eigenvalue weighted by atomic mass is 32.2. The van der Waals surface area contributed by atoms with Gasteiger partial charge >= 0.3 is 5.97 Å². The van der Waals surface area contributed by atoms with Crippen LogP contribution in [-0.2, 0) is 23.8 Å². The Bertz CT molecular complexity index is 268. The molecule has 6 heteroatoms. The SMILES string of the molecule is CS(=O)(=O)OCC1CCC(=O)O1. The quantitative estimate of drug-likeness (QED) is 0.454. The lowest BCUT2D eigenvalue weighted by Crippen LogP contribution is -2.17. The first-order valence-corrected chi connectivity index (χ1v) is 5.33. The zero-order valence-corrected chi connectivity index (χ0v) is 7.46. The van der Waals surface area contributed by atoms with E-state index in [1.54, 1.807) is 0 Å². The molecule has 12 heavy (non-hydrogen) atoms. The Hall–Kier alpha value is -0.620. The summed E-state index contributed by atoms with van der Waals surface area (Å²) in [5.41, 5.74) is 0. The molecular weight excluding hydrogens is 184 g/mol. The zero-order valence-electron chi connectivity index (χ0n) is 6.65. The van der Waals surface area contributed by atoms with Gasteiger partial charge in [0.15, 0.2) is 0 Å². The second-order valence-electron chi connectivity index (χ2n) is 2.64. The van der Waals surface area contributed by atoms with Gasteiger partial charge in [-0.05, 0) is 6.42 Å². The van der Waals surface area contributed by atoms with Crippen LogP contribution in [-0.4, -0.2) is 33.4 Å². The molecule has 0 amide bonds. The van der Waals surface area contributed by atoms with Gasteiger partial charge in [-0.15, -0.1) is 0 Å². The smallest absolute Gasteiger partial charge is 0.306 e. The predicted octanol–water partition coefficient (Wildman–Crippen LogP) is -0.332. The number of carbonyl (C=O) groups excluding carboxylic acids is 1. The molecule has 0 radical (unpaired) electrons. The fraction of sp³-hybridized carbons (Fsp3) is 0.833. The first kappa shape index (κ1) is 9.47. The van der Waals surface area contributed by atoms with Crippen molar-refractivity contribution in [2.75, 3.05) is 12.9 Å². The topological polar surface area (TPSA) is 69.7 Å². The van der Waals surface area contributed by atoms with Crippen LogP contribution in [0, 0.1) is 0 Å². The molecule has 70 valence electrons. The Morgan fingerprint density at radius 3 is 2.75 bits per heavy atom. The molecule has 0 aromatic rings. The van der Waals surface area contributed by atoms with Crippen LogP contribution in [0.3, 0.4) is 0 Å². The summed E-state index contributed by atoms with van der Waals surface area (Å²) in [4.78, 5) is 10.6. The maximum atomic E-state index is 10.6. The second kappa shape index (κ2) is 3.40. The fourth-order valence-corrected chi connectivity index (χ4v) is 1.30. The number of carbonyl (C=O) groups is 1. The van der Waals surface area contributed by atoms with Crippen molar-refractivity contribution < 1.29 is 22.1 Å². The first-order valence-electron chi connectivity index (χ1n) is 3.51. The highest BCUT2D eigenvalue weighted by molar-refractivity contribution is 7.85. The maximum absolute atomic E-state index is 10.6. The second-order valence-corrected chi connectivity index (χ2v) is 4.28. The van der Waals surface area contributed by atoms with E-state index in [4.69, 9.17) is 4.74 Å². The van der Waals surface area contributed by atoms with Gasteiger partial charge in [-0.1, -0.05) is 0 Å². The van der Waals surface area contributed by atoms with E-state index in [1.807, 2.05) is 0 Å². The summed E-state index contributed by atoms with van der Waals surface area (Å²) in [7, 11) is -3.42. The number of hydrogen-bond donors (Lipinski definition) is 0. The third-order valence-corrected chi connectivity index (χ3v) is 2.00. The predicted molar refractivity (Wildman–Crippen MR) is 39.9 cm³/mol. The van der Waals surface area contributed by atoms with E-state index < -0.39 is 16.2 Å². The molecule has 0 aliphatic carbocycles. The number of hydrogen-bond acceptors (Lipinski definition) is 5. The highest BCUT2D eigenvalue weighted by Crippen LogP contribution is 2.14. The lowest BCUT2D eigenvalue weighted by Gasteiger charge is -2.07. The van der Waals surface area contributed by atoms with Crippen molar-refractivity contribution in [3.05, 3.63) is 0 Å². The van der Waals surface area contributed by atoms with E-state index in [0.29, 0.717) is 12.8 Å². The van der Waals surface area contributed by atoms with Crippen molar-refractivity contribution >= 4 is 16.1 Å². The lowest BCUT2D eigenvalue weighted by molar-refractivity contribution is -0.142. The van der Waals surface area contributed by atoms with Crippen molar-refractivity contribution in [2.24, 2.45) is 0 Å². The van der Waals surface area contributed by atoms with Gasteiger partial charge in [0.1, 0.15) is 12.7 Å². The number of cyclic esters (lactones) is 1. The van der Waals surface area contributed by atoms with Gasteiger partial charge in [0, 0.05) is 6.42 Å². The summed E-state index contributed by atoms with van der Waals surface area (Å²) in [6.45, 7) is -0.0649. The molecule has 0 bridgehead atoms. The molecule has 1 heterocycles. The largest absolute Gasteiger partial charge is 0.460 e. The van der Waals surface area contributed by atoms with Crippen LogP contribution in [0.4, 0.5) is 0 Å². The minimum absolute atomic E-state index is 0.0649. The van der Waals surface area contributed by atoms with Crippen LogP contribution >= 0.6 is 0 Å². The highest BCUT2D eigenvalue weighted by Gasteiger charge is 2.24. The summed E-state index contributed by atoms with van der Waals surface area (Å²) < 4.78 is 30.2. The number of rotatable bonds is 3. The lowest BCUT2D eigenvalue weighted by atomic mass is 10.2. The Morgan fingerprint density at radius 1 is 1.67 bits per heavy atom. The summed E-state index contributed by atoms with van der Waals surface area (Å²) in [6.07, 6.45) is 1.45. The van der Waals surface area contributed by atoms with Crippen molar-refractivity contribution in [1.82, 2.24) is 0 Å². The Labute approximate surface area is 70.8 Å². The minimum Gasteiger partial charge on any atom is -0.460 e. The van der Waals surface area contributed by atoms with Crippen molar-refractivity contribution in [2.45, 2.75) is 18.9 Å². The molecule has 1 unspecified atom stereocenters. The number of esters is 1. The van der Waals surface area contributed by atoms with E-state index in [2.05, 4.69) is 4.18 Å².